The molecule has 0 unspecified atom stereocenters. The highest BCUT2D eigenvalue weighted by atomic mass is 15.3. The van der Waals surface area contributed by atoms with E-state index in [0.717, 1.165) is 5.52 Å². The minimum absolute atomic E-state index is 0.349. The van der Waals surface area contributed by atoms with Crippen LogP contribution in [0.5, 0.6) is 0 Å². The predicted octanol–water partition coefficient (Wildman–Crippen LogP) is -0.109. The largest absolute Gasteiger partial charge is 0.369 e. The monoisotopic (exact) mass is 189 g/mol. The first-order valence-electron chi connectivity index (χ1n) is 4.07. The maximum Gasteiger partial charge on any atom is 0.209 e. The van der Waals surface area contributed by atoms with Crippen molar-refractivity contribution >= 4 is 22.8 Å². The Balaban J connectivity index is 2.68. The number of nitrogens with two attached hydrogens (primary N) is 1. The number of aromatic nitrogens is 6. The number of anilines is 1. The number of hydrogen-bond acceptors (Lipinski definition) is 5. The zero-order valence-electron chi connectivity index (χ0n) is 7.39. The van der Waals surface area contributed by atoms with E-state index in [9.17, 15) is 0 Å². The van der Waals surface area contributed by atoms with Gasteiger partial charge in [0.15, 0.2) is 11.3 Å². The molecule has 0 saturated heterocycles. The van der Waals surface area contributed by atoms with Gasteiger partial charge in [0, 0.05) is 0 Å². The molecule has 0 aliphatic rings. The first-order valence-corrected chi connectivity index (χ1v) is 4.07. The second-order valence-electron chi connectivity index (χ2n) is 2.98. The number of hydrogen-bond donors (Lipinski definition) is 2. The van der Waals surface area contributed by atoms with Gasteiger partial charge in [-0.2, -0.15) is 4.98 Å². The number of aromatic amines is 1. The third-order valence-corrected chi connectivity index (χ3v) is 2.12. The standard InChI is InChI=1S/C7H7N7/c1-3-12-13-6-4-5(10-2-9-4)11-7(8)14(3)6/h2H,1H3,(H2,8,11)(H,9,10). The van der Waals surface area contributed by atoms with Crippen LogP contribution in [0.2, 0.25) is 0 Å². The molecule has 0 atom stereocenters. The van der Waals surface area contributed by atoms with E-state index < -0.39 is 0 Å². The summed E-state index contributed by atoms with van der Waals surface area (Å²) in [5.41, 5.74) is 7.71. The summed E-state index contributed by atoms with van der Waals surface area (Å²) in [6.45, 7) is 1.82. The number of nitrogens with one attached hydrogen (secondary N) is 1. The van der Waals surface area contributed by atoms with Crippen LogP contribution < -0.4 is 5.73 Å². The maximum absolute atomic E-state index is 5.74. The summed E-state index contributed by atoms with van der Waals surface area (Å²) in [6.07, 6.45) is 1.56. The molecular weight excluding hydrogens is 182 g/mol. The lowest BCUT2D eigenvalue weighted by Gasteiger charge is -1.98. The minimum Gasteiger partial charge on any atom is -0.369 e. The quantitative estimate of drug-likeness (QED) is 0.514. The van der Waals surface area contributed by atoms with Gasteiger partial charge in [0.1, 0.15) is 11.3 Å². The van der Waals surface area contributed by atoms with Crippen molar-refractivity contribution in [1.82, 2.24) is 29.5 Å². The van der Waals surface area contributed by atoms with Crippen LogP contribution >= 0.6 is 0 Å². The number of aryl methyl sites for hydroxylation is 1. The molecule has 3 aromatic rings. The average molecular weight is 189 g/mol. The van der Waals surface area contributed by atoms with Gasteiger partial charge in [-0.05, 0) is 6.92 Å². The lowest BCUT2D eigenvalue weighted by molar-refractivity contribution is 0.997. The summed E-state index contributed by atoms with van der Waals surface area (Å²) in [5.74, 6) is 1.06. The van der Waals surface area contributed by atoms with Crippen LogP contribution in [0.3, 0.4) is 0 Å². The summed E-state index contributed by atoms with van der Waals surface area (Å²) in [4.78, 5) is 11.1. The van der Waals surface area contributed by atoms with E-state index in [1.807, 2.05) is 6.92 Å². The van der Waals surface area contributed by atoms with Crippen LogP contribution in [-0.2, 0) is 0 Å². The molecular formula is C7H7N7. The number of fused-ring (bicyclic) bond motifs is 3. The summed E-state index contributed by atoms with van der Waals surface area (Å²) in [7, 11) is 0. The number of H-pyrrole nitrogens is 1. The molecule has 3 aromatic heterocycles. The molecule has 0 aromatic carbocycles. The van der Waals surface area contributed by atoms with Crippen LogP contribution in [0.15, 0.2) is 6.33 Å². The fourth-order valence-corrected chi connectivity index (χ4v) is 1.49. The van der Waals surface area contributed by atoms with Crippen molar-refractivity contribution in [2.24, 2.45) is 0 Å². The number of rotatable bonds is 0. The lowest BCUT2D eigenvalue weighted by Crippen LogP contribution is -2.02. The van der Waals surface area contributed by atoms with Crippen LogP contribution in [0.1, 0.15) is 5.82 Å². The molecule has 3 N–H and O–H groups in total. The molecule has 0 spiro atoms. The molecule has 0 radical (unpaired) electrons. The Morgan fingerprint density at radius 3 is 3.14 bits per heavy atom. The molecule has 3 heterocycles. The Morgan fingerprint density at radius 1 is 1.43 bits per heavy atom. The van der Waals surface area contributed by atoms with Gasteiger partial charge in [0.05, 0.1) is 6.33 Å². The van der Waals surface area contributed by atoms with E-state index in [1.165, 1.54) is 0 Å². The molecule has 0 aliphatic carbocycles. The number of nitrogens with zero attached hydrogens (tertiary/aromatic N) is 5. The van der Waals surface area contributed by atoms with Gasteiger partial charge in [-0.1, -0.05) is 0 Å². The number of nitrogen functional groups attached to an aromatic ring is 1. The fourth-order valence-electron chi connectivity index (χ4n) is 1.49. The third-order valence-electron chi connectivity index (χ3n) is 2.12. The van der Waals surface area contributed by atoms with Crippen molar-refractivity contribution in [2.45, 2.75) is 6.92 Å². The van der Waals surface area contributed by atoms with Crippen LogP contribution in [0.4, 0.5) is 5.95 Å². The molecule has 0 amide bonds. The smallest absolute Gasteiger partial charge is 0.209 e. The predicted molar refractivity (Wildman–Crippen MR) is 49.6 cm³/mol. The highest BCUT2D eigenvalue weighted by Crippen LogP contribution is 2.16. The van der Waals surface area contributed by atoms with Gasteiger partial charge >= 0.3 is 0 Å². The third kappa shape index (κ3) is 0.709. The Hall–Kier alpha value is -2.18. The zero-order chi connectivity index (χ0) is 9.71. The van der Waals surface area contributed by atoms with E-state index in [0.29, 0.717) is 23.1 Å². The summed E-state index contributed by atoms with van der Waals surface area (Å²) >= 11 is 0. The van der Waals surface area contributed by atoms with E-state index in [-0.39, 0.29) is 0 Å². The molecule has 3 rings (SSSR count). The van der Waals surface area contributed by atoms with Gasteiger partial charge in [-0.25, -0.2) is 9.38 Å². The summed E-state index contributed by atoms with van der Waals surface area (Å²) in [5, 5.41) is 7.93. The Bertz CT molecular complexity index is 619. The molecule has 70 valence electrons. The second-order valence-corrected chi connectivity index (χ2v) is 2.98. The molecule has 0 fully saturated rings. The van der Waals surface area contributed by atoms with E-state index in [4.69, 9.17) is 5.73 Å². The minimum atomic E-state index is 0.349. The molecule has 0 saturated carbocycles. The highest BCUT2D eigenvalue weighted by molar-refractivity contribution is 5.86. The van der Waals surface area contributed by atoms with Gasteiger partial charge in [0.25, 0.3) is 0 Å². The molecule has 7 heteroatoms. The van der Waals surface area contributed by atoms with Gasteiger partial charge < -0.3 is 10.7 Å². The van der Waals surface area contributed by atoms with Crippen LogP contribution in [-0.4, -0.2) is 29.5 Å². The molecule has 14 heavy (non-hydrogen) atoms. The SMILES string of the molecule is Cc1nnc2c3[nH]cnc3nc(N)n12. The van der Waals surface area contributed by atoms with E-state index in [1.54, 1.807) is 10.7 Å². The molecule has 7 nitrogen and oxygen atoms in total. The number of imidazole rings is 1. The van der Waals surface area contributed by atoms with E-state index >= 15 is 0 Å². The van der Waals surface area contributed by atoms with E-state index in [2.05, 4.69) is 25.1 Å². The Morgan fingerprint density at radius 2 is 2.29 bits per heavy atom. The van der Waals surface area contributed by atoms with Gasteiger partial charge in [0.2, 0.25) is 5.95 Å². The zero-order valence-corrected chi connectivity index (χ0v) is 7.39. The average Bonchev–Trinajstić information content (AvgIpc) is 2.71. The first kappa shape index (κ1) is 7.25. The fraction of sp³-hybridized carbons (Fsp3) is 0.143. The van der Waals surface area contributed by atoms with Crippen molar-refractivity contribution in [2.75, 3.05) is 5.73 Å². The molecule has 0 bridgehead atoms. The Kier molecular flexibility index (Phi) is 1.13. The van der Waals surface area contributed by atoms with Gasteiger partial charge in [-0.3, -0.25) is 0 Å². The Labute approximate surface area is 78.0 Å². The summed E-state index contributed by atoms with van der Waals surface area (Å²) < 4.78 is 1.68. The topological polar surface area (TPSA) is 97.8 Å². The van der Waals surface area contributed by atoms with Crippen molar-refractivity contribution in [1.29, 1.82) is 0 Å². The maximum atomic E-state index is 5.74. The highest BCUT2D eigenvalue weighted by Gasteiger charge is 2.11. The van der Waals surface area contributed by atoms with Crippen molar-refractivity contribution in [3.05, 3.63) is 12.2 Å². The summed E-state index contributed by atoms with van der Waals surface area (Å²) in [6, 6.07) is 0. The second kappa shape index (κ2) is 2.19. The van der Waals surface area contributed by atoms with Crippen LogP contribution in [0.25, 0.3) is 16.8 Å². The normalized spacial score (nSPS) is 11.5. The van der Waals surface area contributed by atoms with Crippen molar-refractivity contribution in [3.8, 4) is 0 Å². The van der Waals surface area contributed by atoms with Crippen LogP contribution in [0, 0.1) is 6.92 Å². The molecule has 0 aliphatic heterocycles. The first-order chi connectivity index (χ1) is 6.77. The lowest BCUT2D eigenvalue weighted by atomic mass is 10.5. The van der Waals surface area contributed by atoms with Gasteiger partial charge in [-0.15, -0.1) is 10.2 Å². The van der Waals surface area contributed by atoms with Crippen molar-refractivity contribution in [3.63, 3.8) is 0 Å². The van der Waals surface area contributed by atoms with Crippen molar-refractivity contribution < 1.29 is 0 Å².